The van der Waals surface area contributed by atoms with Crippen molar-refractivity contribution < 1.29 is 24.2 Å². The number of carboxylic acid groups (broad SMARTS) is 1. The summed E-state index contributed by atoms with van der Waals surface area (Å²) >= 11 is 6.37. The highest BCUT2D eigenvalue weighted by Gasteiger charge is 2.15. The molecule has 1 amide bonds. The number of hydrogen-bond donors (Lipinski definition) is 2. The van der Waals surface area contributed by atoms with Gasteiger partial charge in [-0.05, 0) is 50.6 Å². The van der Waals surface area contributed by atoms with Gasteiger partial charge in [0.15, 0.2) is 11.5 Å². The summed E-state index contributed by atoms with van der Waals surface area (Å²) in [6, 6.07) is 3.52. The van der Waals surface area contributed by atoms with E-state index < -0.39 is 5.97 Å². The standard InChI is InChI=1S/C19H27ClN2O5/c1-2-26-16-12-14(13-21-17(23)5-6-18(24)25)11-15(20)19(16)27-10-9-22-7-3-4-8-22/h11-12H,2-10,13H2,1H3,(H,21,23)(H,24,25). The van der Waals surface area contributed by atoms with Crippen LogP contribution < -0.4 is 14.8 Å². The number of hydrogen-bond acceptors (Lipinski definition) is 5. The van der Waals surface area contributed by atoms with Crippen molar-refractivity contribution in [3.63, 3.8) is 0 Å². The lowest BCUT2D eigenvalue weighted by molar-refractivity contribution is -0.138. The van der Waals surface area contributed by atoms with E-state index in [0.29, 0.717) is 29.7 Å². The first-order valence-electron chi connectivity index (χ1n) is 9.28. The minimum atomic E-state index is -0.998. The van der Waals surface area contributed by atoms with Crippen molar-refractivity contribution in [1.29, 1.82) is 0 Å². The topological polar surface area (TPSA) is 88.1 Å². The van der Waals surface area contributed by atoms with Gasteiger partial charge in [0.25, 0.3) is 0 Å². The number of rotatable bonds is 11. The van der Waals surface area contributed by atoms with Gasteiger partial charge in [-0.3, -0.25) is 14.5 Å². The zero-order valence-electron chi connectivity index (χ0n) is 15.6. The Morgan fingerprint density at radius 3 is 2.63 bits per heavy atom. The SMILES string of the molecule is CCOc1cc(CNC(=O)CCC(=O)O)cc(Cl)c1OCCN1CCCC1. The quantitative estimate of drug-likeness (QED) is 0.595. The largest absolute Gasteiger partial charge is 0.490 e. The third-order valence-electron chi connectivity index (χ3n) is 4.28. The number of amides is 1. The lowest BCUT2D eigenvalue weighted by Crippen LogP contribution is -2.25. The number of nitrogens with one attached hydrogen (secondary N) is 1. The van der Waals surface area contributed by atoms with Crippen LogP contribution in [0.25, 0.3) is 0 Å². The Morgan fingerprint density at radius 1 is 1.22 bits per heavy atom. The van der Waals surface area contributed by atoms with Gasteiger partial charge in [0.05, 0.1) is 18.1 Å². The number of carboxylic acids is 1. The number of likely N-dealkylation sites (tertiary alicyclic amines) is 1. The lowest BCUT2D eigenvalue weighted by Gasteiger charge is -2.18. The molecular formula is C19H27ClN2O5. The Bertz CT molecular complexity index is 647. The van der Waals surface area contributed by atoms with Crippen LogP contribution in [0.2, 0.25) is 5.02 Å². The van der Waals surface area contributed by atoms with Crippen molar-refractivity contribution in [3.8, 4) is 11.5 Å². The Balaban J connectivity index is 1.94. The van der Waals surface area contributed by atoms with Crippen LogP contribution in [-0.2, 0) is 16.1 Å². The van der Waals surface area contributed by atoms with E-state index in [-0.39, 0.29) is 25.3 Å². The molecule has 8 heteroatoms. The maximum absolute atomic E-state index is 11.7. The third-order valence-corrected chi connectivity index (χ3v) is 4.56. The molecule has 0 spiro atoms. The van der Waals surface area contributed by atoms with Gasteiger partial charge in [-0.2, -0.15) is 0 Å². The molecule has 1 aromatic rings. The fourth-order valence-corrected chi connectivity index (χ4v) is 3.21. The fraction of sp³-hybridized carbons (Fsp3) is 0.579. The molecule has 1 aliphatic rings. The molecule has 0 unspecified atom stereocenters. The summed E-state index contributed by atoms with van der Waals surface area (Å²) in [6.07, 6.45) is 2.22. The first-order chi connectivity index (χ1) is 13.0. The molecular weight excluding hydrogens is 372 g/mol. The van der Waals surface area contributed by atoms with Crippen molar-refractivity contribution in [3.05, 3.63) is 22.7 Å². The lowest BCUT2D eigenvalue weighted by atomic mass is 10.2. The van der Waals surface area contributed by atoms with Crippen molar-refractivity contribution in [2.24, 2.45) is 0 Å². The average molecular weight is 399 g/mol. The van der Waals surface area contributed by atoms with Crippen LogP contribution >= 0.6 is 11.6 Å². The Labute approximate surface area is 164 Å². The van der Waals surface area contributed by atoms with Crippen LogP contribution in [-0.4, -0.2) is 54.7 Å². The second-order valence-corrected chi connectivity index (χ2v) is 6.81. The monoisotopic (exact) mass is 398 g/mol. The number of ether oxygens (including phenoxy) is 2. The highest BCUT2D eigenvalue weighted by Crippen LogP contribution is 2.36. The molecule has 0 aromatic heterocycles. The molecule has 1 heterocycles. The third kappa shape index (κ3) is 7.27. The number of carbonyl (C=O) groups is 2. The molecule has 2 rings (SSSR count). The van der Waals surface area contributed by atoms with Crippen LogP contribution in [0.4, 0.5) is 0 Å². The molecule has 1 fully saturated rings. The van der Waals surface area contributed by atoms with E-state index in [1.165, 1.54) is 12.8 Å². The molecule has 0 aliphatic carbocycles. The number of halogens is 1. The number of benzene rings is 1. The average Bonchev–Trinajstić information content (AvgIpc) is 3.14. The smallest absolute Gasteiger partial charge is 0.303 e. The van der Waals surface area contributed by atoms with Crippen molar-refractivity contribution in [1.82, 2.24) is 10.2 Å². The molecule has 1 aliphatic heterocycles. The second kappa shape index (κ2) is 11.0. The zero-order chi connectivity index (χ0) is 19.6. The summed E-state index contributed by atoms with van der Waals surface area (Å²) in [5.74, 6) is -0.264. The van der Waals surface area contributed by atoms with E-state index >= 15 is 0 Å². The first-order valence-corrected chi connectivity index (χ1v) is 9.66. The number of aliphatic carboxylic acids is 1. The molecule has 0 saturated carbocycles. The van der Waals surface area contributed by atoms with E-state index in [9.17, 15) is 9.59 Å². The summed E-state index contributed by atoms with van der Waals surface area (Å²) < 4.78 is 11.5. The minimum Gasteiger partial charge on any atom is -0.490 e. The van der Waals surface area contributed by atoms with Gasteiger partial charge >= 0.3 is 5.97 Å². The van der Waals surface area contributed by atoms with Crippen molar-refractivity contribution in [2.45, 2.75) is 39.2 Å². The van der Waals surface area contributed by atoms with Gasteiger partial charge in [0.1, 0.15) is 6.61 Å². The van der Waals surface area contributed by atoms with E-state index in [0.717, 1.165) is 25.2 Å². The molecule has 0 bridgehead atoms. The van der Waals surface area contributed by atoms with Crippen molar-refractivity contribution >= 4 is 23.5 Å². The molecule has 2 N–H and O–H groups in total. The van der Waals surface area contributed by atoms with E-state index in [4.69, 9.17) is 26.2 Å². The summed E-state index contributed by atoms with van der Waals surface area (Å²) in [5.41, 5.74) is 0.763. The molecule has 1 aromatic carbocycles. The fourth-order valence-electron chi connectivity index (χ4n) is 2.92. The highest BCUT2D eigenvalue weighted by atomic mass is 35.5. The summed E-state index contributed by atoms with van der Waals surface area (Å²) in [6.45, 7) is 6.18. The van der Waals surface area contributed by atoms with Gasteiger partial charge in [-0.15, -0.1) is 0 Å². The summed E-state index contributed by atoms with van der Waals surface area (Å²) in [4.78, 5) is 24.6. The van der Waals surface area contributed by atoms with Crippen LogP contribution in [0.5, 0.6) is 11.5 Å². The van der Waals surface area contributed by atoms with E-state index in [1.54, 1.807) is 12.1 Å². The van der Waals surface area contributed by atoms with Gasteiger partial charge < -0.3 is 19.9 Å². The minimum absolute atomic E-state index is 0.0565. The molecule has 1 saturated heterocycles. The Morgan fingerprint density at radius 2 is 1.96 bits per heavy atom. The predicted octanol–water partition coefficient (Wildman–Crippen LogP) is 2.69. The van der Waals surface area contributed by atoms with Crippen LogP contribution in [0.15, 0.2) is 12.1 Å². The molecule has 0 radical (unpaired) electrons. The van der Waals surface area contributed by atoms with E-state index in [2.05, 4.69) is 10.2 Å². The number of carbonyl (C=O) groups excluding carboxylic acids is 1. The zero-order valence-corrected chi connectivity index (χ0v) is 16.4. The van der Waals surface area contributed by atoms with Gasteiger partial charge in [0.2, 0.25) is 5.91 Å². The van der Waals surface area contributed by atoms with E-state index in [1.807, 2.05) is 6.92 Å². The van der Waals surface area contributed by atoms with Crippen LogP contribution in [0.1, 0.15) is 38.2 Å². The predicted molar refractivity (Wildman–Crippen MR) is 103 cm³/mol. The molecule has 27 heavy (non-hydrogen) atoms. The molecule has 7 nitrogen and oxygen atoms in total. The Kier molecular flexibility index (Phi) is 8.67. The highest BCUT2D eigenvalue weighted by molar-refractivity contribution is 6.32. The summed E-state index contributed by atoms with van der Waals surface area (Å²) in [7, 11) is 0. The molecule has 150 valence electrons. The summed E-state index contributed by atoms with van der Waals surface area (Å²) in [5, 5.41) is 11.7. The first kappa shape index (κ1) is 21.3. The van der Waals surface area contributed by atoms with Gasteiger partial charge in [-0.1, -0.05) is 11.6 Å². The number of nitrogens with zero attached hydrogens (tertiary/aromatic N) is 1. The Hall–Kier alpha value is -1.99. The normalized spacial score (nSPS) is 14.1. The second-order valence-electron chi connectivity index (χ2n) is 6.41. The van der Waals surface area contributed by atoms with Crippen LogP contribution in [0, 0.1) is 0 Å². The van der Waals surface area contributed by atoms with Crippen molar-refractivity contribution in [2.75, 3.05) is 32.8 Å². The van der Waals surface area contributed by atoms with Gasteiger partial charge in [0, 0.05) is 19.5 Å². The van der Waals surface area contributed by atoms with Crippen LogP contribution in [0.3, 0.4) is 0 Å². The maximum Gasteiger partial charge on any atom is 0.303 e. The molecule has 0 atom stereocenters. The van der Waals surface area contributed by atoms with Gasteiger partial charge in [-0.25, -0.2) is 0 Å². The maximum atomic E-state index is 11.7.